The summed E-state index contributed by atoms with van der Waals surface area (Å²) in [5, 5.41) is 0.412. The van der Waals surface area contributed by atoms with Crippen molar-refractivity contribution in [2.75, 3.05) is 11.4 Å². The molecule has 0 heterocycles. The van der Waals surface area contributed by atoms with Crippen LogP contribution in [0.4, 0.5) is 27.6 Å². The molecule has 5 nitrogen and oxygen atoms in total. The lowest BCUT2D eigenvalue weighted by molar-refractivity contribution is -0.118. The molecule has 0 fully saturated rings. The van der Waals surface area contributed by atoms with Crippen molar-refractivity contribution in [3.63, 3.8) is 0 Å². The topological polar surface area (TPSA) is 49.9 Å². The van der Waals surface area contributed by atoms with Crippen molar-refractivity contribution in [2.24, 2.45) is 0 Å². The Morgan fingerprint density at radius 1 is 0.643 bits per heavy atom. The molecule has 0 N–H and O–H groups in total. The second-order valence-electron chi connectivity index (χ2n) is 15.4. The average molecular weight is 809 g/mol. The minimum absolute atomic E-state index is 0.0472. The molecule has 0 aliphatic rings. The summed E-state index contributed by atoms with van der Waals surface area (Å²) >= 11 is 6.31. The van der Waals surface area contributed by atoms with Gasteiger partial charge in [0.1, 0.15) is 11.5 Å². The predicted molar refractivity (Wildman–Crippen MR) is 211 cm³/mol. The molecule has 56 heavy (non-hydrogen) atoms. The maximum Gasteiger partial charge on any atom is 0.338 e. The molecule has 0 aliphatic carbocycles. The lowest BCUT2D eigenvalue weighted by Crippen LogP contribution is -2.38. The van der Waals surface area contributed by atoms with Gasteiger partial charge in [-0.2, -0.15) is 0 Å². The van der Waals surface area contributed by atoms with E-state index in [1.54, 1.807) is 36.4 Å². The second kappa shape index (κ2) is 17.6. The highest BCUT2D eigenvalue weighted by atomic mass is 35.5. The summed E-state index contributed by atoms with van der Waals surface area (Å²) in [6.45, 7) is 12.0. The van der Waals surface area contributed by atoms with Crippen molar-refractivity contribution in [3.8, 4) is 0 Å². The molecule has 0 saturated carbocycles. The van der Waals surface area contributed by atoms with Gasteiger partial charge >= 0.3 is 5.97 Å². The molecule has 0 atom stereocenters. The van der Waals surface area contributed by atoms with E-state index >= 15 is 8.78 Å². The maximum absolute atomic E-state index is 15.0. The summed E-state index contributed by atoms with van der Waals surface area (Å²) in [5.74, 6) is -11.6. The lowest BCUT2D eigenvalue weighted by atomic mass is 9.79. The van der Waals surface area contributed by atoms with Gasteiger partial charge in [0.25, 0.3) is 0 Å². The van der Waals surface area contributed by atoms with Crippen molar-refractivity contribution in [3.05, 3.63) is 165 Å². The highest BCUT2D eigenvalue weighted by molar-refractivity contribution is 7.97. The SMILES string of the molecule is CC(C)(C)c1cc(CN(C(=O)CN(Cc2ccc(Cl)cc2)Sc2c(F)c(F)c(F)c(F)c2F)c2ccc(C(=O)OCc3ccccc3)cc2)cc(C(C)(C)C)c1. The molecule has 0 unspecified atom stereocenters. The third-order valence-corrected chi connectivity index (χ3v) is 10.3. The van der Waals surface area contributed by atoms with Gasteiger partial charge in [-0.05, 0) is 87.0 Å². The van der Waals surface area contributed by atoms with Gasteiger partial charge in [0, 0.05) is 17.3 Å². The fraction of sp³-hybridized carbons (Fsp3) is 0.273. The molecule has 0 bridgehead atoms. The normalized spacial score (nSPS) is 11.9. The molecule has 0 aromatic heterocycles. The van der Waals surface area contributed by atoms with Crippen LogP contribution in [0.1, 0.15) is 79.7 Å². The molecule has 0 spiro atoms. The summed E-state index contributed by atoms with van der Waals surface area (Å²) < 4.78 is 79.3. The Labute approximate surface area is 333 Å². The Morgan fingerprint density at radius 3 is 1.71 bits per heavy atom. The second-order valence-corrected chi connectivity index (χ2v) is 17.0. The zero-order chi connectivity index (χ0) is 40.9. The van der Waals surface area contributed by atoms with Crippen molar-refractivity contribution < 1.29 is 36.3 Å². The molecule has 5 aromatic rings. The van der Waals surface area contributed by atoms with E-state index < -0.39 is 52.4 Å². The van der Waals surface area contributed by atoms with Crippen molar-refractivity contribution in [2.45, 2.75) is 77.0 Å². The number of amides is 1. The number of ether oxygens (including phenoxy) is 1. The highest BCUT2D eigenvalue weighted by Crippen LogP contribution is 2.35. The minimum Gasteiger partial charge on any atom is -0.457 e. The number of anilines is 1. The van der Waals surface area contributed by atoms with Crippen LogP contribution in [-0.2, 0) is 40.1 Å². The first-order valence-corrected chi connectivity index (χ1v) is 18.9. The molecule has 0 radical (unpaired) electrons. The summed E-state index contributed by atoms with van der Waals surface area (Å²) in [7, 11) is 0. The van der Waals surface area contributed by atoms with Crippen LogP contribution in [-0.4, -0.2) is 22.7 Å². The average Bonchev–Trinajstić information content (AvgIpc) is 3.16. The molecule has 1 amide bonds. The number of carbonyl (C=O) groups is 2. The van der Waals surface area contributed by atoms with Crippen molar-refractivity contribution >= 4 is 41.1 Å². The maximum atomic E-state index is 15.0. The Kier molecular flexibility index (Phi) is 13.3. The zero-order valence-electron chi connectivity index (χ0n) is 31.9. The van der Waals surface area contributed by atoms with Crippen LogP contribution in [0.2, 0.25) is 5.02 Å². The monoisotopic (exact) mass is 808 g/mol. The van der Waals surface area contributed by atoms with Crippen LogP contribution in [0.5, 0.6) is 0 Å². The summed E-state index contributed by atoms with van der Waals surface area (Å²) in [4.78, 5) is 27.8. The minimum atomic E-state index is -2.28. The van der Waals surface area contributed by atoms with E-state index in [1.165, 1.54) is 21.3 Å². The third-order valence-electron chi connectivity index (χ3n) is 8.97. The fourth-order valence-electron chi connectivity index (χ4n) is 5.68. The Morgan fingerprint density at radius 2 is 1.18 bits per heavy atom. The number of hydrogen-bond donors (Lipinski definition) is 0. The molecule has 12 heteroatoms. The first-order valence-electron chi connectivity index (χ1n) is 17.8. The van der Waals surface area contributed by atoms with E-state index in [1.807, 2.05) is 42.5 Å². The quantitative estimate of drug-likeness (QED) is 0.0413. The highest BCUT2D eigenvalue weighted by Gasteiger charge is 2.30. The van der Waals surface area contributed by atoms with E-state index in [4.69, 9.17) is 16.3 Å². The summed E-state index contributed by atoms with van der Waals surface area (Å²) in [6, 6.07) is 28.0. The Bertz CT molecular complexity index is 2130. The van der Waals surface area contributed by atoms with E-state index in [0.717, 1.165) is 22.3 Å². The largest absolute Gasteiger partial charge is 0.457 e. The number of rotatable bonds is 12. The van der Waals surface area contributed by atoms with Crippen LogP contribution in [0.3, 0.4) is 0 Å². The van der Waals surface area contributed by atoms with E-state index in [0.29, 0.717) is 16.3 Å². The first kappa shape index (κ1) is 42.4. The molecular weight excluding hydrogens is 767 g/mol. The van der Waals surface area contributed by atoms with Gasteiger partial charge in [-0.25, -0.2) is 31.1 Å². The van der Waals surface area contributed by atoms with Crippen LogP contribution in [0.25, 0.3) is 0 Å². The fourth-order valence-corrected chi connectivity index (χ4v) is 6.80. The molecule has 294 valence electrons. The smallest absolute Gasteiger partial charge is 0.338 e. The van der Waals surface area contributed by atoms with Gasteiger partial charge in [0.2, 0.25) is 11.7 Å². The lowest BCUT2D eigenvalue weighted by Gasteiger charge is -2.30. The number of esters is 1. The molecule has 0 saturated heterocycles. The van der Waals surface area contributed by atoms with Gasteiger partial charge in [-0.15, -0.1) is 0 Å². The zero-order valence-corrected chi connectivity index (χ0v) is 33.4. The van der Waals surface area contributed by atoms with Crippen LogP contribution >= 0.6 is 23.5 Å². The number of carbonyl (C=O) groups excluding carboxylic acids is 2. The van der Waals surface area contributed by atoms with E-state index in [2.05, 4.69) is 47.6 Å². The molecule has 5 rings (SSSR count). The third kappa shape index (κ3) is 10.6. The van der Waals surface area contributed by atoms with Gasteiger partial charge in [-0.3, -0.25) is 4.79 Å². The summed E-state index contributed by atoms with van der Waals surface area (Å²) in [5.41, 5.74) is 4.38. The molecule has 0 aliphatic heterocycles. The molecule has 5 aromatic carbocycles. The Balaban J connectivity index is 1.53. The first-order chi connectivity index (χ1) is 26.3. The Hall–Kier alpha value is -4.71. The van der Waals surface area contributed by atoms with Gasteiger partial charge in [0.15, 0.2) is 23.3 Å². The standard InChI is InChI=1S/C44H42ClF5N2O3S/c1-43(2,3)31-20-29(21-32(22-31)44(4,5)6)24-52(34-18-14-30(15-19-34)42(54)55-26-28-10-8-7-9-11-28)35(53)25-51(23-27-12-16-33(45)17-13-27)56-41-39(49)37(47)36(46)38(48)40(41)50/h7-22H,23-26H2,1-6H3. The van der Waals surface area contributed by atoms with Gasteiger partial charge < -0.3 is 9.64 Å². The van der Waals surface area contributed by atoms with Gasteiger partial charge in [-0.1, -0.05) is 114 Å². The van der Waals surface area contributed by atoms with Crippen LogP contribution in [0, 0.1) is 29.1 Å². The summed E-state index contributed by atoms with van der Waals surface area (Å²) in [6.07, 6.45) is 0. The van der Waals surface area contributed by atoms with Crippen LogP contribution in [0.15, 0.2) is 102 Å². The number of halogens is 6. The van der Waals surface area contributed by atoms with Crippen molar-refractivity contribution in [1.82, 2.24) is 4.31 Å². The van der Waals surface area contributed by atoms with E-state index in [9.17, 15) is 22.8 Å². The van der Waals surface area contributed by atoms with Crippen molar-refractivity contribution in [1.29, 1.82) is 0 Å². The van der Waals surface area contributed by atoms with E-state index in [-0.39, 0.29) is 48.0 Å². The van der Waals surface area contributed by atoms with Gasteiger partial charge in [0.05, 0.1) is 18.7 Å². The number of hydrogen-bond acceptors (Lipinski definition) is 5. The predicted octanol–water partition coefficient (Wildman–Crippen LogP) is 11.7. The van der Waals surface area contributed by atoms with Crippen LogP contribution < -0.4 is 4.90 Å². The number of nitrogens with zero attached hydrogens (tertiary/aromatic N) is 2. The molecular formula is C44H42ClF5N2O3S. The number of benzene rings is 5.